The maximum atomic E-state index is 13.0. The summed E-state index contributed by atoms with van der Waals surface area (Å²) in [5.74, 6) is -1.82. The number of ether oxygens (including phenoxy) is 2. The second-order valence-corrected chi connectivity index (χ2v) is 10.6. The van der Waals surface area contributed by atoms with Crippen molar-refractivity contribution in [3.63, 3.8) is 0 Å². The number of rotatable bonds is 8. The highest BCUT2D eigenvalue weighted by molar-refractivity contribution is 9.10. The molecule has 4 rings (SSSR count). The van der Waals surface area contributed by atoms with Crippen LogP contribution in [-0.4, -0.2) is 40.5 Å². The van der Waals surface area contributed by atoms with Crippen molar-refractivity contribution in [2.24, 2.45) is 0 Å². The second-order valence-electron chi connectivity index (χ2n) is 8.39. The normalized spacial score (nSPS) is 14.3. The van der Waals surface area contributed by atoms with E-state index in [1.807, 2.05) is 0 Å². The molecule has 10 nitrogen and oxygen atoms in total. The van der Waals surface area contributed by atoms with Crippen LogP contribution in [0.3, 0.4) is 0 Å². The lowest BCUT2D eigenvalue weighted by Gasteiger charge is -2.13. The standard InChI is InChI=1S/C26H16BrClF3N3O7S/c1-40-21-8-13(2-6-20(21)41-19-7-3-14(26(29,30)31)10-18(19)34(38)39)9-22-24(36)33(25(37)42-22)12-23(35)32-15-4-5-16(27)17(28)11-15/h2-11H,12H2,1H3,(H,32,35)/b22-9+. The predicted molar refractivity (Wildman–Crippen MR) is 152 cm³/mol. The number of imide groups is 1. The number of amides is 3. The fraction of sp³-hybridized carbons (Fsp3) is 0.115. The highest BCUT2D eigenvalue weighted by Crippen LogP contribution is 2.41. The Morgan fingerprint density at radius 1 is 1.12 bits per heavy atom. The number of alkyl halides is 3. The van der Waals surface area contributed by atoms with E-state index in [2.05, 4.69) is 21.2 Å². The van der Waals surface area contributed by atoms with E-state index in [-0.39, 0.29) is 16.4 Å². The van der Waals surface area contributed by atoms with E-state index in [9.17, 15) is 37.7 Å². The summed E-state index contributed by atoms with van der Waals surface area (Å²) in [5.41, 5.74) is -1.39. The Labute approximate surface area is 252 Å². The maximum absolute atomic E-state index is 13.0. The number of nitro groups is 1. The zero-order chi connectivity index (χ0) is 30.8. The van der Waals surface area contributed by atoms with E-state index in [0.29, 0.717) is 44.6 Å². The highest BCUT2D eigenvalue weighted by atomic mass is 79.9. The zero-order valence-electron chi connectivity index (χ0n) is 21.0. The third-order valence-corrected chi connectivity index (χ3v) is 7.71. The molecule has 1 aliphatic heterocycles. The third-order valence-electron chi connectivity index (χ3n) is 5.57. The van der Waals surface area contributed by atoms with Crippen molar-refractivity contribution in [3.8, 4) is 17.2 Å². The molecule has 0 bridgehead atoms. The summed E-state index contributed by atoms with van der Waals surface area (Å²) in [6, 6.07) is 10.7. The average Bonchev–Trinajstić information content (AvgIpc) is 3.18. The van der Waals surface area contributed by atoms with Crippen LogP contribution in [0.15, 0.2) is 64.0 Å². The molecule has 0 atom stereocenters. The number of anilines is 1. The van der Waals surface area contributed by atoms with E-state index < -0.39 is 51.7 Å². The van der Waals surface area contributed by atoms with Crippen LogP contribution in [0.1, 0.15) is 11.1 Å². The minimum atomic E-state index is -4.79. The lowest BCUT2D eigenvalue weighted by Crippen LogP contribution is -2.36. The van der Waals surface area contributed by atoms with Crippen LogP contribution in [0.4, 0.5) is 29.3 Å². The largest absolute Gasteiger partial charge is 0.493 e. The summed E-state index contributed by atoms with van der Waals surface area (Å²) in [6.07, 6.45) is -3.43. The second kappa shape index (κ2) is 12.4. The first-order valence-electron chi connectivity index (χ1n) is 11.5. The number of thioether (sulfide) groups is 1. The number of nitrogens with one attached hydrogen (secondary N) is 1. The van der Waals surface area contributed by atoms with Gasteiger partial charge < -0.3 is 14.8 Å². The molecular weight excluding hydrogens is 671 g/mol. The molecule has 0 aromatic heterocycles. The van der Waals surface area contributed by atoms with Gasteiger partial charge in [0.1, 0.15) is 6.54 Å². The Balaban J connectivity index is 1.51. The van der Waals surface area contributed by atoms with Crippen molar-refractivity contribution in [1.29, 1.82) is 0 Å². The van der Waals surface area contributed by atoms with Gasteiger partial charge in [0.05, 0.1) is 27.5 Å². The van der Waals surface area contributed by atoms with Crippen LogP contribution >= 0.6 is 39.3 Å². The van der Waals surface area contributed by atoms with Crippen molar-refractivity contribution < 1.29 is 42.0 Å². The molecule has 1 aliphatic rings. The molecule has 1 saturated heterocycles. The molecule has 3 aromatic carbocycles. The minimum Gasteiger partial charge on any atom is -0.493 e. The van der Waals surface area contributed by atoms with Gasteiger partial charge in [0.25, 0.3) is 11.1 Å². The fourth-order valence-corrected chi connectivity index (χ4v) is 4.87. The molecule has 16 heteroatoms. The smallest absolute Gasteiger partial charge is 0.416 e. The molecule has 0 saturated carbocycles. The van der Waals surface area contributed by atoms with E-state index in [1.54, 1.807) is 12.1 Å². The summed E-state index contributed by atoms with van der Waals surface area (Å²) in [7, 11) is 1.26. The number of carbonyl (C=O) groups excluding carboxylic acids is 3. The number of benzene rings is 3. The molecule has 218 valence electrons. The molecule has 3 aromatic rings. The Hall–Kier alpha value is -4.08. The quantitative estimate of drug-likeness (QED) is 0.147. The van der Waals surface area contributed by atoms with E-state index >= 15 is 0 Å². The van der Waals surface area contributed by atoms with Gasteiger partial charge >= 0.3 is 11.9 Å². The number of methoxy groups -OCH3 is 1. The van der Waals surface area contributed by atoms with Gasteiger partial charge in [-0.2, -0.15) is 13.2 Å². The van der Waals surface area contributed by atoms with Crippen molar-refractivity contribution in [1.82, 2.24) is 4.90 Å². The molecule has 1 fully saturated rings. The first-order valence-corrected chi connectivity index (χ1v) is 13.5. The van der Waals surface area contributed by atoms with E-state index in [1.165, 1.54) is 37.5 Å². The van der Waals surface area contributed by atoms with Gasteiger partial charge in [0.15, 0.2) is 11.5 Å². The summed E-state index contributed by atoms with van der Waals surface area (Å²) in [5, 5.41) is 13.6. The van der Waals surface area contributed by atoms with Gasteiger partial charge in [-0.15, -0.1) is 0 Å². The summed E-state index contributed by atoms with van der Waals surface area (Å²) in [6.45, 7) is -0.544. The fourth-order valence-electron chi connectivity index (χ4n) is 3.61. The molecule has 0 spiro atoms. The Kier molecular flexibility index (Phi) is 9.13. The van der Waals surface area contributed by atoms with Crippen LogP contribution in [0.5, 0.6) is 17.2 Å². The molecule has 0 aliphatic carbocycles. The zero-order valence-corrected chi connectivity index (χ0v) is 24.2. The van der Waals surface area contributed by atoms with E-state index in [4.69, 9.17) is 21.1 Å². The molecule has 42 heavy (non-hydrogen) atoms. The minimum absolute atomic E-state index is 0.00795. The number of nitro benzene ring substituents is 1. The first-order chi connectivity index (χ1) is 19.8. The summed E-state index contributed by atoms with van der Waals surface area (Å²) >= 11 is 9.86. The van der Waals surface area contributed by atoms with Crippen molar-refractivity contribution in [3.05, 3.63) is 90.2 Å². The van der Waals surface area contributed by atoms with Crippen molar-refractivity contribution in [2.75, 3.05) is 19.0 Å². The monoisotopic (exact) mass is 685 g/mol. The van der Waals surface area contributed by atoms with E-state index in [0.717, 1.165) is 11.0 Å². The molecular formula is C26H16BrClF3N3O7S. The average molecular weight is 687 g/mol. The van der Waals surface area contributed by atoms with Crippen LogP contribution in [0.2, 0.25) is 5.02 Å². The number of nitrogens with zero attached hydrogens (tertiary/aromatic N) is 2. The lowest BCUT2D eigenvalue weighted by atomic mass is 10.1. The molecule has 3 amide bonds. The SMILES string of the molecule is COc1cc(/C=C2/SC(=O)N(CC(=O)Nc3ccc(Br)c(Cl)c3)C2=O)ccc1Oc1ccc(C(F)(F)F)cc1[N+](=O)[O-]. The molecule has 0 radical (unpaired) electrons. The highest BCUT2D eigenvalue weighted by Gasteiger charge is 2.36. The number of halogens is 5. The number of carbonyl (C=O) groups is 3. The number of hydrogen-bond donors (Lipinski definition) is 1. The molecule has 1 N–H and O–H groups in total. The van der Waals surface area contributed by atoms with Crippen molar-refractivity contribution >= 4 is 73.8 Å². The Morgan fingerprint density at radius 2 is 1.83 bits per heavy atom. The van der Waals surface area contributed by atoms with Gasteiger partial charge in [0.2, 0.25) is 11.7 Å². The van der Waals surface area contributed by atoms with Gasteiger partial charge in [0, 0.05) is 16.2 Å². The summed E-state index contributed by atoms with van der Waals surface area (Å²) in [4.78, 5) is 49.0. The van der Waals surface area contributed by atoms with Gasteiger partial charge in [-0.3, -0.25) is 29.4 Å². The Bertz CT molecular complexity index is 1650. The maximum Gasteiger partial charge on any atom is 0.416 e. The van der Waals surface area contributed by atoms with Crippen LogP contribution < -0.4 is 14.8 Å². The van der Waals surface area contributed by atoms with Gasteiger partial charge in [-0.1, -0.05) is 17.7 Å². The van der Waals surface area contributed by atoms with Crippen molar-refractivity contribution in [2.45, 2.75) is 6.18 Å². The predicted octanol–water partition coefficient (Wildman–Crippen LogP) is 7.51. The topological polar surface area (TPSA) is 128 Å². The van der Waals surface area contributed by atoms with Crippen LogP contribution in [0, 0.1) is 10.1 Å². The van der Waals surface area contributed by atoms with Crippen LogP contribution in [0.25, 0.3) is 6.08 Å². The summed E-state index contributed by atoms with van der Waals surface area (Å²) < 4.78 is 50.4. The third kappa shape index (κ3) is 7.03. The van der Waals surface area contributed by atoms with Gasteiger partial charge in [-0.25, -0.2) is 0 Å². The number of hydrogen-bond acceptors (Lipinski definition) is 8. The molecule has 0 unspecified atom stereocenters. The Morgan fingerprint density at radius 3 is 2.48 bits per heavy atom. The van der Waals surface area contributed by atoms with Crippen LogP contribution in [-0.2, 0) is 15.8 Å². The van der Waals surface area contributed by atoms with Gasteiger partial charge in [-0.05, 0) is 81.8 Å². The lowest BCUT2D eigenvalue weighted by molar-refractivity contribution is -0.385. The first kappa shape index (κ1) is 30.9. The molecule has 1 heterocycles.